The van der Waals surface area contributed by atoms with E-state index in [2.05, 4.69) is 15.3 Å². The molecule has 0 spiro atoms. The summed E-state index contributed by atoms with van der Waals surface area (Å²) >= 11 is 0. The first kappa shape index (κ1) is 10.6. The fourth-order valence-electron chi connectivity index (χ4n) is 1.45. The van der Waals surface area contributed by atoms with Crippen LogP contribution < -0.4 is 5.32 Å². The molecule has 2 N–H and O–H groups in total. The van der Waals surface area contributed by atoms with Crippen LogP contribution in [0.4, 0.5) is 0 Å². The number of rotatable bonds is 3. The first-order valence-corrected chi connectivity index (χ1v) is 5.15. The van der Waals surface area contributed by atoms with Crippen LogP contribution in [0.25, 0.3) is 0 Å². The van der Waals surface area contributed by atoms with Crippen molar-refractivity contribution in [3.8, 4) is 0 Å². The minimum atomic E-state index is -0.442. The molecule has 0 atom stereocenters. The van der Waals surface area contributed by atoms with Crippen LogP contribution in [0.3, 0.4) is 0 Å². The van der Waals surface area contributed by atoms with Gasteiger partial charge in [-0.05, 0) is 13.8 Å². The molecule has 84 valence electrons. The molecule has 0 unspecified atom stereocenters. The molecule has 0 amide bonds. The van der Waals surface area contributed by atoms with E-state index in [-0.39, 0.29) is 6.04 Å². The summed E-state index contributed by atoms with van der Waals surface area (Å²) in [5.41, 5.74) is 0. The van der Waals surface area contributed by atoms with Gasteiger partial charge in [0.1, 0.15) is 5.82 Å². The normalized spacial score (nSPS) is 21.7. The van der Waals surface area contributed by atoms with E-state index in [1.54, 1.807) is 6.20 Å². The van der Waals surface area contributed by atoms with Gasteiger partial charge in [-0.15, -0.1) is 0 Å². The minimum absolute atomic E-state index is 0.239. The second-order valence-electron chi connectivity index (χ2n) is 4.14. The highest BCUT2D eigenvalue weighted by atomic mass is 16.7. The maximum absolute atomic E-state index is 5.53. The van der Waals surface area contributed by atoms with Gasteiger partial charge in [0.15, 0.2) is 5.79 Å². The zero-order valence-corrected chi connectivity index (χ0v) is 9.12. The second kappa shape index (κ2) is 4.30. The Morgan fingerprint density at radius 2 is 2.27 bits per heavy atom. The number of ether oxygens (including phenoxy) is 2. The van der Waals surface area contributed by atoms with Gasteiger partial charge in [0, 0.05) is 12.4 Å². The molecule has 0 bridgehead atoms. The monoisotopic (exact) mass is 211 g/mol. The van der Waals surface area contributed by atoms with Crippen LogP contribution in [0.5, 0.6) is 0 Å². The molecule has 1 fully saturated rings. The number of hydrogen-bond donors (Lipinski definition) is 2. The van der Waals surface area contributed by atoms with E-state index in [9.17, 15) is 0 Å². The summed E-state index contributed by atoms with van der Waals surface area (Å²) < 4.78 is 11.1. The van der Waals surface area contributed by atoms with Gasteiger partial charge in [0.25, 0.3) is 0 Å². The van der Waals surface area contributed by atoms with Gasteiger partial charge in [-0.1, -0.05) is 0 Å². The number of aromatic nitrogens is 2. The van der Waals surface area contributed by atoms with Gasteiger partial charge < -0.3 is 19.8 Å². The molecule has 1 aliphatic rings. The summed E-state index contributed by atoms with van der Waals surface area (Å²) in [5, 5.41) is 3.32. The number of aromatic amines is 1. The molecule has 1 saturated heterocycles. The number of nitrogens with one attached hydrogen (secondary N) is 2. The van der Waals surface area contributed by atoms with Crippen molar-refractivity contribution in [1.29, 1.82) is 0 Å². The van der Waals surface area contributed by atoms with Crippen molar-refractivity contribution in [3.63, 3.8) is 0 Å². The molecule has 0 aromatic carbocycles. The standard InChI is InChI=1S/C10H17N3O2/c1-10(2)14-6-8(7-15-10)13-5-9-11-3-4-12-9/h3-4,8,13H,5-7H2,1-2H3,(H,11,12). The van der Waals surface area contributed by atoms with Crippen molar-refractivity contribution >= 4 is 0 Å². The lowest BCUT2D eigenvalue weighted by Crippen LogP contribution is -2.48. The molecule has 15 heavy (non-hydrogen) atoms. The van der Waals surface area contributed by atoms with Crippen molar-refractivity contribution in [2.24, 2.45) is 0 Å². The van der Waals surface area contributed by atoms with Crippen molar-refractivity contribution in [1.82, 2.24) is 15.3 Å². The highest BCUT2D eigenvalue weighted by Gasteiger charge is 2.27. The fourth-order valence-corrected chi connectivity index (χ4v) is 1.45. The van der Waals surface area contributed by atoms with Crippen LogP contribution >= 0.6 is 0 Å². The molecule has 5 nitrogen and oxygen atoms in total. The molecule has 0 saturated carbocycles. The lowest BCUT2D eigenvalue weighted by atomic mass is 10.2. The Hall–Kier alpha value is -0.910. The molecular formula is C10H17N3O2. The largest absolute Gasteiger partial charge is 0.349 e. The van der Waals surface area contributed by atoms with Crippen LogP contribution in [0.2, 0.25) is 0 Å². The number of imidazole rings is 1. The Bertz CT molecular complexity index is 288. The SMILES string of the molecule is CC1(C)OCC(NCc2ncc[nH]2)CO1. The first-order valence-electron chi connectivity index (χ1n) is 5.15. The third-order valence-corrected chi connectivity index (χ3v) is 2.38. The molecule has 0 aliphatic carbocycles. The lowest BCUT2D eigenvalue weighted by molar-refractivity contribution is -0.253. The van der Waals surface area contributed by atoms with Gasteiger partial charge in [-0.25, -0.2) is 4.98 Å². The van der Waals surface area contributed by atoms with Gasteiger partial charge in [0.05, 0.1) is 25.8 Å². The average Bonchev–Trinajstić information content (AvgIpc) is 2.69. The van der Waals surface area contributed by atoms with Crippen molar-refractivity contribution in [3.05, 3.63) is 18.2 Å². The number of hydrogen-bond acceptors (Lipinski definition) is 4. The summed E-state index contributed by atoms with van der Waals surface area (Å²) in [6, 6.07) is 0.239. The Labute approximate surface area is 89.2 Å². The quantitative estimate of drug-likeness (QED) is 0.770. The van der Waals surface area contributed by atoms with Crippen LogP contribution in [0, 0.1) is 0 Å². The third kappa shape index (κ3) is 3.02. The Kier molecular flexibility index (Phi) is 3.04. The van der Waals surface area contributed by atoms with Crippen molar-refractivity contribution in [2.45, 2.75) is 32.2 Å². The number of nitrogens with zero attached hydrogens (tertiary/aromatic N) is 1. The molecule has 1 aliphatic heterocycles. The summed E-state index contributed by atoms with van der Waals surface area (Å²) in [7, 11) is 0. The zero-order valence-electron chi connectivity index (χ0n) is 9.12. The topological polar surface area (TPSA) is 59.2 Å². The van der Waals surface area contributed by atoms with Gasteiger partial charge in [0.2, 0.25) is 0 Å². The zero-order chi connectivity index (χ0) is 10.7. The third-order valence-electron chi connectivity index (χ3n) is 2.38. The molecule has 0 radical (unpaired) electrons. The van der Waals surface area contributed by atoms with Crippen molar-refractivity contribution in [2.75, 3.05) is 13.2 Å². The Balaban J connectivity index is 1.73. The van der Waals surface area contributed by atoms with E-state index in [0.717, 1.165) is 5.82 Å². The summed E-state index contributed by atoms with van der Waals surface area (Å²) in [5.74, 6) is 0.489. The predicted molar refractivity (Wildman–Crippen MR) is 55.2 cm³/mol. The molecule has 1 aromatic rings. The smallest absolute Gasteiger partial charge is 0.162 e. The Morgan fingerprint density at radius 3 is 2.87 bits per heavy atom. The second-order valence-corrected chi connectivity index (χ2v) is 4.14. The van der Waals surface area contributed by atoms with Crippen LogP contribution in [0.15, 0.2) is 12.4 Å². The summed E-state index contributed by atoms with van der Waals surface area (Å²) in [4.78, 5) is 7.17. The Morgan fingerprint density at radius 1 is 1.53 bits per heavy atom. The lowest BCUT2D eigenvalue weighted by Gasteiger charge is -2.35. The molecular weight excluding hydrogens is 194 g/mol. The van der Waals surface area contributed by atoms with Crippen LogP contribution in [-0.2, 0) is 16.0 Å². The highest BCUT2D eigenvalue weighted by molar-refractivity contribution is 4.87. The van der Waals surface area contributed by atoms with E-state index in [1.807, 2.05) is 20.0 Å². The van der Waals surface area contributed by atoms with Gasteiger partial charge in [-0.3, -0.25) is 0 Å². The minimum Gasteiger partial charge on any atom is -0.349 e. The summed E-state index contributed by atoms with van der Waals surface area (Å²) in [6.07, 6.45) is 3.56. The highest BCUT2D eigenvalue weighted by Crippen LogP contribution is 2.16. The molecule has 5 heteroatoms. The van der Waals surface area contributed by atoms with E-state index in [4.69, 9.17) is 9.47 Å². The maximum Gasteiger partial charge on any atom is 0.162 e. The van der Waals surface area contributed by atoms with E-state index in [1.165, 1.54) is 0 Å². The van der Waals surface area contributed by atoms with E-state index >= 15 is 0 Å². The van der Waals surface area contributed by atoms with Gasteiger partial charge >= 0.3 is 0 Å². The fraction of sp³-hybridized carbons (Fsp3) is 0.700. The molecule has 1 aromatic heterocycles. The van der Waals surface area contributed by atoms with Crippen LogP contribution in [-0.4, -0.2) is 35.0 Å². The van der Waals surface area contributed by atoms with Crippen molar-refractivity contribution < 1.29 is 9.47 Å². The van der Waals surface area contributed by atoms with E-state index < -0.39 is 5.79 Å². The molecule has 2 heterocycles. The predicted octanol–water partition coefficient (Wildman–Crippen LogP) is 0.651. The maximum atomic E-state index is 5.53. The molecule has 2 rings (SSSR count). The van der Waals surface area contributed by atoms with Gasteiger partial charge in [-0.2, -0.15) is 0 Å². The average molecular weight is 211 g/mol. The van der Waals surface area contributed by atoms with Crippen LogP contribution in [0.1, 0.15) is 19.7 Å². The summed E-state index contributed by atoms with van der Waals surface area (Å²) in [6.45, 7) is 5.91. The number of H-pyrrole nitrogens is 1. The van der Waals surface area contributed by atoms with E-state index in [0.29, 0.717) is 19.8 Å². The first-order chi connectivity index (χ1) is 7.16.